The highest BCUT2D eigenvalue weighted by Crippen LogP contribution is 2.51. The highest BCUT2D eigenvalue weighted by molar-refractivity contribution is 5.51. The molecule has 1 saturated carbocycles. The largest absolute Gasteiger partial charge is 0.385 e. The van der Waals surface area contributed by atoms with Gasteiger partial charge in [-0.2, -0.15) is 0 Å². The second kappa shape index (κ2) is 4.94. The first-order valence-electron chi connectivity index (χ1n) is 6.55. The molecule has 0 radical (unpaired) electrons. The second-order valence-corrected chi connectivity index (χ2v) is 5.63. The van der Waals surface area contributed by atoms with E-state index in [0.29, 0.717) is 5.41 Å². The molecule has 1 heterocycles. The van der Waals surface area contributed by atoms with Crippen LogP contribution in [0.4, 0.5) is 11.5 Å². The van der Waals surface area contributed by atoms with Crippen LogP contribution in [-0.2, 0) is 0 Å². The van der Waals surface area contributed by atoms with Gasteiger partial charge in [0, 0.05) is 31.0 Å². The third kappa shape index (κ3) is 3.35. The molecule has 1 aliphatic rings. The van der Waals surface area contributed by atoms with E-state index in [0.717, 1.165) is 31.2 Å². The predicted octanol–water partition coefficient (Wildman–Crippen LogP) is 3.36. The van der Waals surface area contributed by atoms with E-state index in [2.05, 4.69) is 42.5 Å². The molecule has 1 aromatic rings. The highest BCUT2D eigenvalue weighted by atomic mass is 15.0. The number of aromatic nitrogens is 1. The van der Waals surface area contributed by atoms with Gasteiger partial charge in [-0.3, -0.25) is 0 Å². The molecule has 1 aromatic heterocycles. The summed E-state index contributed by atoms with van der Waals surface area (Å²) in [6, 6.07) is 4.12. The van der Waals surface area contributed by atoms with Gasteiger partial charge in [0.15, 0.2) is 0 Å². The summed E-state index contributed by atoms with van der Waals surface area (Å²) < 4.78 is 0. The molecule has 0 saturated heterocycles. The van der Waals surface area contributed by atoms with Gasteiger partial charge < -0.3 is 10.6 Å². The molecule has 0 aromatic carbocycles. The van der Waals surface area contributed by atoms with Crippen LogP contribution in [0, 0.1) is 11.3 Å². The number of hydrogen-bond acceptors (Lipinski definition) is 3. The molecule has 1 unspecified atom stereocenters. The summed E-state index contributed by atoms with van der Waals surface area (Å²) in [4.78, 5) is 4.30. The minimum Gasteiger partial charge on any atom is -0.385 e. The second-order valence-electron chi connectivity index (χ2n) is 5.63. The third-order valence-corrected chi connectivity index (χ3v) is 3.59. The lowest BCUT2D eigenvalue weighted by atomic mass is 10.1. The summed E-state index contributed by atoms with van der Waals surface area (Å²) in [7, 11) is 0. The molecule has 1 aliphatic carbocycles. The number of nitrogens with zero attached hydrogens (tertiary/aromatic N) is 1. The lowest BCUT2D eigenvalue weighted by Crippen LogP contribution is -2.08. The fourth-order valence-corrected chi connectivity index (χ4v) is 2.06. The molecular weight excluding hydrogens is 210 g/mol. The number of rotatable bonds is 6. The van der Waals surface area contributed by atoms with Crippen LogP contribution in [0.25, 0.3) is 0 Å². The van der Waals surface area contributed by atoms with Crippen molar-refractivity contribution >= 4 is 11.5 Å². The lowest BCUT2D eigenvalue weighted by molar-refractivity contribution is 0.573. The SMILES string of the molecule is CCCNc1cc(NCC2CC2(C)C)ccn1. The summed E-state index contributed by atoms with van der Waals surface area (Å²) in [5.41, 5.74) is 1.71. The molecule has 3 nitrogen and oxygen atoms in total. The maximum absolute atomic E-state index is 4.30. The molecule has 94 valence electrons. The van der Waals surface area contributed by atoms with Crippen LogP contribution in [0.5, 0.6) is 0 Å². The molecular formula is C14H23N3. The van der Waals surface area contributed by atoms with Crippen LogP contribution in [0.15, 0.2) is 18.3 Å². The molecule has 0 amide bonds. The minimum absolute atomic E-state index is 0.545. The van der Waals surface area contributed by atoms with Crippen LogP contribution < -0.4 is 10.6 Å². The molecule has 0 aliphatic heterocycles. The Labute approximate surface area is 104 Å². The summed E-state index contributed by atoms with van der Waals surface area (Å²) >= 11 is 0. The average Bonchev–Trinajstić information content (AvgIpc) is 2.92. The molecule has 2 rings (SSSR count). The van der Waals surface area contributed by atoms with Gasteiger partial charge in [-0.25, -0.2) is 4.98 Å². The normalized spacial score (nSPS) is 21.0. The highest BCUT2D eigenvalue weighted by Gasteiger charge is 2.44. The van der Waals surface area contributed by atoms with Gasteiger partial charge in [-0.1, -0.05) is 20.8 Å². The zero-order valence-corrected chi connectivity index (χ0v) is 11.1. The van der Waals surface area contributed by atoms with Gasteiger partial charge in [-0.15, -0.1) is 0 Å². The third-order valence-electron chi connectivity index (χ3n) is 3.59. The van der Waals surface area contributed by atoms with E-state index in [-0.39, 0.29) is 0 Å². The molecule has 1 atom stereocenters. The first-order valence-corrected chi connectivity index (χ1v) is 6.55. The van der Waals surface area contributed by atoms with E-state index in [1.165, 1.54) is 12.1 Å². The van der Waals surface area contributed by atoms with Crippen LogP contribution in [0.1, 0.15) is 33.6 Å². The Bertz CT molecular complexity index is 373. The molecule has 2 N–H and O–H groups in total. The van der Waals surface area contributed by atoms with Gasteiger partial charge in [0.25, 0.3) is 0 Å². The van der Waals surface area contributed by atoms with E-state index in [1.54, 1.807) is 0 Å². The maximum Gasteiger partial charge on any atom is 0.127 e. The number of hydrogen-bond donors (Lipinski definition) is 2. The van der Waals surface area contributed by atoms with Gasteiger partial charge in [-0.05, 0) is 30.2 Å². The van der Waals surface area contributed by atoms with Crippen molar-refractivity contribution in [2.75, 3.05) is 23.7 Å². The lowest BCUT2D eigenvalue weighted by Gasteiger charge is -2.09. The Morgan fingerprint density at radius 3 is 2.82 bits per heavy atom. The average molecular weight is 233 g/mol. The van der Waals surface area contributed by atoms with Crippen molar-refractivity contribution in [1.82, 2.24) is 4.98 Å². The molecule has 1 fully saturated rings. The van der Waals surface area contributed by atoms with E-state index < -0.39 is 0 Å². The number of pyridine rings is 1. The molecule has 3 heteroatoms. The number of nitrogens with one attached hydrogen (secondary N) is 2. The van der Waals surface area contributed by atoms with Gasteiger partial charge in [0.1, 0.15) is 5.82 Å². The van der Waals surface area contributed by atoms with Crippen molar-refractivity contribution in [2.24, 2.45) is 11.3 Å². The topological polar surface area (TPSA) is 37.0 Å². The first kappa shape index (κ1) is 12.2. The Morgan fingerprint density at radius 2 is 2.18 bits per heavy atom. The quantitative estimate of drug-likeness (QED) is 0.791. The summed E-state index contributed by atoms with van der Waals surface area (Å²) in [6.07, 6.45) is 4.32. The Morgan fingerprint density at radius 1 is 1.41 bits per heavy atom. The Hall–Kier alpha value is -1.25. The molecule has 0 bridgehead atoms. The van der Waals surface area contributed by atoms with Crippen molar-refractivity contribution in [1.29, 1.82) is 0 Å². The standard InChI is InChI=1S/C14H23N3/c1-4-6-15-13-8-12(5-7-16-13)17-10-11-9-14(11,2)3/h5,7-8,11H,4,6,9-10H2,1-3H3,(H2,15,16,17). The molecule has 17 heavy (non-hydrogen) atoms. The monoisotopic (exact) mass is 233 g/mol. The fourth-order valence-electron chi connectivity index (χ4n) is 2.06. The van der Waals surface area contributed by atoms with Gasteiger partial charge >= 0.3 is 0 Å². The van der Waals surface area contributed by atoms with Crippen LogP contribution >= 0.6 is 0 Å². The summed E-state index contributed by atoms with van der Waals surface area (Å²) in [5.74, 6) is 1.79. The maximum atomic E-state index is 4.30. The van der Waals surface area contributed by atoms with Crippen LogP contribution in [0.3, 0.4) is 0 Å². The zero-order chi connectivity index (χ0) is 12.3. The zero-order valence-electron chi connectivity index (χ0n) is 11.1. The number of anilines is 2. The van der Waals surface area contributed by atoms with Crippen molar-refractivity contribution in [3.05, 3.63) is 18.3 Å². The van der Waals surface area contributed by atoms with Crippen molar-refractivity contribution in [3.63, 3.8) is 0 Å². The van der Waals surface area contributed by atoms with Crippen LogP contribution in [0.2, 0.25) is 0 Å². The fraction of sp³-hybridized carbons (Fsp3) is 0.643. The van der Waals surface area contributed by atoms with E-state index in [1.807, 2.05) is 12.3 Å². The summed E-state index contributed by atoms with van der Waals surface area (Å²) in [5, 5.41) is 6.80. The van der Waals surface area contributed by atoms with Crippen molar-refractivity contribution in [3.8, 4) is 0 Å². The van der Waals surface area contributed by atoms with E-state index >= 15 is 0 Å². The smallest absolute Gasteiger partial charge is 0.127 e. The Balaban J connectivity index is 1.84. The Kier molecular flexibility index (Phi) is 3.55. The van der Waals surface area contributed by atoms with Crippen LogP contribution in [-0.4, -0.2) is 18.1 Å². The van der Waals surface area contributed by atoms with E-state index in [9.17, 15) is 0 Å². The van der Waals surface area contributed by atoms with Gasteiger partial charge in [0.05, 0.1) is 0 Å². The predicted molar refractivity (Wildman–Crippen MR) is 73.4 cm³/mol. The van der Waals surface area contributed by atoms with E-state index in [4.69, 9.17) is 0 Å². The summed E-state index contributed by atoms with van der Waals surface area (Å²) in [6.45, 7) is 8.88. The van der Waals surface area contributed by atoms with Gasteiger partial charge in [0.2, 0.25) is 0 Å². The molecule has 0 spiro atoms. The van der Waals surface area contributed by atoms with Crippen molar-refractivity contribution in [2.45, 2.75) is 33.6 Å². The first-order chi connectivity index (χ1) is 8.12. The minimum atomic E-state index is 0.545. The van der Waals surface area contributed by atoms with Crippen molar-refractivity contribution < 1.29 is 0 Å².